The summed E-state index contributed by atoms with van der Waals surface area (Å²) in [5.74, 6) is 0. The van der Waals surface area contributed by atoms with Crippen molar-refractivity contribution in [1.29, 1.82) is 0 Å². The SMILES string of the molecule is CC1(C)CN(S(=O)(=O)c2csc(CNC3CC3)c2)CCO1. The first-order valence-corrected chi connectivity index (χ1v) is 9.64. The molecule has 2 heterocycles. The molecule has 2 fully saturated rings. The fraction of sp³-hybridized carbons (Fsp3) is 0.714. The quantitative estimate of drug-likeness (QED) is 0.894. The highest BCUT2D eigenvalue weighted by Crippen LogP contribution is 2.27. The fourth-order valence-corrected chi connectivity index (χ4v) is 5.24. The average molecular weight is 330 g/mol. The predicted octanol–water partition coefficient (Wildman–Crippen LogP) is 1.80. The number of nitrogens with one attached hydrogen (secondary N) is 1. The summed E-state index contributed by atoms with van der Waals surface area (Å²) in [6.07, 6.45) is 2.47. The summed E-state index contributed by atoms with van der Waals surface area (Å²) in [7, 11) is -3.40. The van der Waals surface area contributed by atoms with E-state index in [9.17, 15) is 8.42 Å². The maximum Gasteiger partial charge on any atom is 0.244 e. The molecule has 7 heteroatoms. The summed E-state index contributed by atoms with van der Waals surface area (Å²) in [5, 5.41) is 5.16. The first-order valence-electron chi connectivity index (χ1n) is 7.32. The van der Waals surface area contributed by atoms with Gasteiger partial charge in [0.25, 0.3) is 0 Å². The van der Waals surface area contributed by atoms with E-state index in [-0.39, 0.29) is 0 Å². The molecule has 1 aliphatic heterocycles. The molecule has 0 unspecified atom stereocenters. The van der Waals surface area contributed by atoms with Gasteiger partial charge in [-0.3, -0.25) is 0 Å². The second-order valence-corrected chi connectivity index (χ2v) is 9.28. The van der Waals surface area contributed by atoms with Gasteiger partial charge in [-0.15, -0.1) is 11.3 Å². The third kappa shape index (κ3) is 3.65. The molecule has 118 valence electrons. The summed E-state index contributed by atoms with van der Waals surface area (Å²) in [6, 6.07) is 2.44. The molecule has 1 aliphatic carbocycles. The highest BCUT2D eigenvalue weighted by atomic mass is 32.2. The minimum atomic E-state index is -3.40. The first-order chi connectivity index (χ1) is 9.87. The highest BCUT2D eigenvalue weighted by Gasteiger charge is 2.35. The number of hydrogen-bond acceptors (Lipinski definition) is 5. The molecule has 0 atom stereocenters. The van der Waals surface area contributed by atoms with Crippen molar-refractivity contribution in [3.8, 4) is 0 Å². The molecular weight excluding hydrogens is 308 g/mol. The van der Waals surface area contributed by atoms with Crippen LogP contribution in [0, 0.1) is 0 Å². The van der Waals surface area contributed by atoms with Gasteiger partial charge in [0.2, 0.25) is 10.0 Å². The van der Waals surface area contributed by atoms with Crippen molar-refractivity contribution in [2.75, 3.05) is 19.7 Å². The third-order valence-corrected chi connectivity index (χ3v) is 6.71. The Kier molecular flexibility index (Phi) is 4.13. The van der Waals surface area contributed by atoms with E-state index in [2.05, 4.69) is 5.32 Å². The Hall–Kier alpha value is -0.470. The predicted molar refractivity (Wildman–Crippen MR) is 83.0 cm³/mol. The molecule has 5 nitrogen and oxygen atoms in total. The maximum atomic E-state index is 12.7. The van der Waals surface area contributed by atoms with Gasteiger partial charge in [0.1, 0.15) is 0 Å². The molecule has 1 saturated heterocycles. The standard InChI is InChI=1S/C14H22N2O3S2/c1-14(2)10-16(5-6-19-14)21(17,18)13-7-12(20-9-13)8-15-11-3-4-11/h7,9,11,15H,3-6,8,10H2,1-2H3. The molecule has 3 rings (SSSR count). The van der Waals surface area contributed by atoms with Gasteiger partial charge in [0.05, 0.1) is 17.1 Å². The van der Waals surface area contributed by atoms with Crippen LogP contribution in [0.15, 0.2) is 16.3 Å². The van der Waals surface area contributed by atoms with Crippen LogP contribution in [-0.2, 0) is 21.3 Å². The molecule has 21 heavy (non-hydrogen) atoms. The second-order valence-electron chi connectivity index (χ2n) is 6.35. The lowest BCUT2D eigenvalue weighted by molar-refractivity contribution is -0.0640. The number of thiophene rings is 1. The van der Waals surface area contributed by atoms with Gasteiger partial charge in [0, 0.05) is 35.9 Å². The Morgan fingerprint density at radius 3 is 2.90 bits per heavy atom. The minimum Gasteiger partial charge on any atom is -0.373 e. The molecule has 1 aromatic heterocycles. The monoisotopic (exact) mass is 330 g/mol. The van der Waals surface area contributed by atoms with Crippen LogP contribution in [0.3, 0.4) is 0 Å². The zero-order valence-corrected chi connectivity index (χ0v) is 14.1. The molecule has 0 amide bonds. The normalized spacial score (nSPS) is 23.3. The molecular formula is C14H22N2O3S2. The number of morpholine rings is 1. The van der Waals surface area contributed by atoms with Gasteiger partial charge in [-0.2, -0.15) is 4.31 Å². The van der Waals surface area contributed by atoms with Crippen molar-refractivity contribution < 1.29 is 13.2 Å². The van der Waals surface area contributed by atoms with E-state index in [1.807, 2.05) is 13.8 Å². The summed E-state index contributed by atoms with van der Waals surface area (Å²) >= 11 is 1.51. The fourth-order valence-electron chi connectivity index (χ4n) is 2.45. The maximum absolute atomic E-state index is 12.7. The average Bonchev–Trinajstić information content (AvgIpc) is 3.11. The summed E-state index contributed by atoms with van der Waals surface area (Å²) in [5.41, 5.74) is -0.419. The van der Waals surface area contributed by atoms with Crippen LogP contribution >= 0.6 is 11.3 Å². The van der Waals surface area contributed by atoms with Crippen LogP contribution in [0.4, 0.5) is 0 Å². The van der Waals surface area contributed by atoms with E-state index in [0.717, 1.165) is 11.4 Å². The van der Waals surface area contributed by atoms with E-state index in [1.54, 1.807) is 11.4 Å². The Morgan fingerprint density at radius 1 is 1.48 bits per heavy atom. The van der Waals surface area contributed by atoms with Gasteiger partial charge in [-0.1, -0.05) is 0 Å². The number of ether oxygens (including phenoxy) is 1. The lowest BCUT2D eigenvalue weighted by atomic mass is 10.1. The zero-order chi connectivity index (χ0) is 15.1. The lowest BCUT2D eigenvalue weighted by Gasteiger charge is -2.37. The van der Waals surface area contributed by atoms with Crippen molar-refractivity contribution >= 4 is 21.4 Å². The number of nitrogens with zero attached hydrogens (tertiary/aromatic N) is 1. The summed E-state index contributed by atoms with van der Waals surface area (Å²) < 4.78 is 32.5. The van der Waals surface area contributed by atoms with Crippen molar-refractivity contribution in [2.45, 2.75) is 49.8 Å². The van der Waals surface area contributed by atoms with Gasteiger partial charge in [0.15, 0.2) is 0 Å². The topological polar surface area (TPSA) is 58.6 Å². The summed E-state index contributed by atoms with van der Waals surface area (Å²) in [6.45, 7) is 5.89. The molecule has 2 aliphatic rings. The van der Waals surface area contributed by atoms with Crippen molar-refractivity contribution in [1.82, 2.24) is 9.62 Å². The van der Waals surface area contributed by atoms with Gasteiger partial charge >= 0.3 is 0 Å². The zero-order valence-electron chi connectivity index (χ0n) is 12.5. The van der Waals surface area contributed by atoms with E-state index >= 15 is 0 Å². The molecule has 1 aromatic rings. The molecule has 1 saturated carbocycles. The highest BCUT2D eigenvalue weighted by molar-refractivity contribution is 7.89. The third-order valence-electron chi connectivity index (χ3n) is 3.80. The van der Waals surface area contributed by atoms with Crippen LogP contribution in [0.2, 0.25) is 0 Å². The van der Waals surface area contributed by atoms with Crippen molar-refractivity contribution in [3.05, 3.63) is 16.3 Å². The van der Waals surface area contributed by atoms with Crippen molar-refractivity contribution in [3.63, 3.8) is 0 Å². The molecule has 0 aromatic carbocycles. The molecule has 1 N–H and O–H groups in total. The minimum absolute atomic E-state index is 0.404. The number of hydrogen-bond donors (Lipinski definition) is 1. The lowest BCUT2D eigenvalue weighted by Crippen LogP contribution is -2.50. The van der Waals surface area contributed by atoms with Crippen LogP contribution in [0.5, 0.6) is 0 Å². The Balaban J connectivity index is 1.71. The van der Waals surface area contributed by atoms with Gasteiger partial charge in [-0.25, -0.2) is 8.42 Å². The van der Waals surface area contributed by atoms with E-state index < -0.39 is 15.6 Å². The largest absolute Gasteiger partial charge is 0.373 e. The summed E-state index contributed by atoms with van der Waals surface area (Å²) in [4.78, 5) is 1.49. The molecule has 0 bridgehead atoms. The van der Waals surface area contributed by atoms with Crippen LogP contribution < -0.4 is 5.32 Å². The Morgan fingerprint density at radius 2 is 2.24 bits per heavy atom. The Bertz CT molecular complexity index is 605. The smallest absolute Gasteiger partial charge is 0.244 e. The first kappa shape index (κ1) is 15.4. The molecule has 0 radical (unpaired) electrons. The Labute approximate surface area is 130 Å². The molecule has 0 spiro atoms. The second kappa shape index (κ2) is 5.62. The van der Waals surface area contributed by atoms with Crippen molar-refractivity contribution in [2.24, 2.45) is 0 Å². The van der Waals surface area contributed by atoms with Crippen LogP contribution in [0.25, 0.3) is 0 Å². The van der Waals surface area contributed by atoms with Gasteiger partial charge in [-0.05, 0) is 32.8 Å². The van der Waals surface area contributed by atoms with E-state index in [4.69, 9.17) is 4.74 Å². The number of sulfonamides is 1. The van der Waals surface area contributed by atoms with Crippen LogP contribution in [-0.4, -0.2) is 44.1 Å². The van der Waals surface area contributed by atoms with E-state index in [1.165, 1.54) is 28.5 Å². The van der Waals surface area contributed by atoms with Crippen LogP contribution in [0.1, 0.15) is 31.6 Å². The van der Waals surface area contributed by atoms with E-state index in [0.29, 0.717) is 30.6 Å². The number of rotatable bonds is 5. The van der Waals surface area contributed by atoms with Gasteiger partial charge < -0.3 is 10.1 Å².